The zero-order chi connectivity index (χ0) is 22.0. The summed E-state index contributed by atoms with van der Waals surface area (Å²) in [6.07, 6.45) is 0.0952. The number of rotatable bonds is 6. The van der Waals surface area contributed by atoms with Crippen LogP contribution in [0.2, 0.25) is 0 Å². The summed E-state index contributed by atoms with van der Waals surface area (Å²) < 4.78 is 19.0. The molecule has 0 saturated heterocycles. The Labute approximate surface area is 183 Å². The third kappa shape index (κ3) is 4.80. The van der Waals surface area contributed by atoms with Gasteiger partial charge in [-0.15, -0.1) is 0 Å². The van der Waals surface area contributed by atoms with Crippen LogP contribution < -0.4 is 15.6 Å². The molecule has 0 spiro atoms. The van der Waals surface area contributed by atoms with Gasteiger partial charge in [0.15, 0.2) is 5.16 Å². The lowest BCUT2D eigenvalue weighted by Gasteiger charge is -2.26. The molecular weight excluding hydrogens is 417 g/mol. The fourth-order valence-corrected chi connectivity index (χ4v) is 4.36. The van der Waals surface area contributed by atoms with Crippen LogP contribution in [0.4, 0.5) is 10.2 Å². The first-order valence-corrected chi connectivity index (χ1v) is 11.0. The van der Waals surface area contributed by atoms with E-state index in [1.54, 1.807) is 12.1 Å². The van der Waals surface area contributed by atoms with Crippen LogP contribution in [-0.4, -0.2) is 22.0 Å². The highest BCUT2D eigenvalue weighted by molar-refractivity contribution is 7.98. The minimum absolute atomic E-state index is 0.0420. The second-order valence-electron chi connectivity index (χ2n) is 7.56. The van der Waals surface area contributed by atoms with E-state index in [1.807, 2.05) is 38.1 Å². The Morgan fingerprint density at radius 3 is 2.65 bits per heavy atom. The van der Waals surface area contributed by atoms with E-state index in [9.17, 15) is 14.0 Å². The van der Waals surface area contributed by atoms with Crippen molar-refractivity contribution in [2.24, 2.45) is 0 Å². The molecule has 6 nitrogen and oxygen atoms in total. The fourth-order valence-electron chi connectivity index (χ4n) is 3.55. The maximum absolute atomic E-state index is 13.1. The van der Waals surface area contributed by atoms with Gasteiger partial charge in [-0.1, -0.05) is 42.1 Å². The lowest BCUT2D eigenvalue weighted by molar-refractivity contribution is -0.116. The highest BCUT2D eigenvalue weighted by Crippen LogP contribution is 2.39. The first-order valence-electron chi connectivity index (χ1n) is 9.97. The van der Waals surface area contributed by atoms with Crippen molar-refractivity contribution in [1.29, 1.82) is 0 Å². The monoisotopic (exact) mass is 439 g/mol. The topological polar surface area (TPSA) is 84.1 Å². The van der Waals surface area contributed by atoms with Crippen molar-refractivity contribution in [3.63, 3.8) is 0 Å². The molecule has 0 fully saturated rings. The van der Waals surface area contributed by atoms with Gasteiger partial charge in [-0.2, -0.15) is 0 Å². The molecule has 0 saturated carbocycles. The van der Waals surface area contributed by atoms with Crippen LogP contribution in [0, 0.1) is 5.82 Å². The summed E-state index contributed by atoms with van der Waals surface area (Å²) in [5.74, 6) is 0.466. The average Bonchev–Trinajstić information content (AvgIpc) is 2.72. The molecule has 1 atom stereocenters. The predicted molar refractivity (Wildman–Crippen MR) is 118 cm³/mol. The van der Waals surface area contributed by atoms with Gasteiger partial charge in [0.2, 0.25) is 5.91 Å². The second kappa shape index (κ2) is 8.93. The number of thioether (sulfide) groups is 1. The number of H-pyrrole nitrogens is 1. The maximum Gasteiger partial charge on any atom is 0.257 e. The molecule has 160 valence electrons. The molecule has 3 aromatic rings. The number of hydrogen-bond donors (Lipinski definition) is 2. The van der Waals surface area contributed by atoms with Crippen molar-refractivity contribution >= 4 is 23.5 Å². The highest BCUT2D eigenvalue weighted by atomic mass is 32.2. The summed E-state index contributed by atoms with van der Waals surface area (Å²) in [5.41, 5.74) is 1.81. The van der Waals surface area contributed by atoms with Gasteiger partial charge in [0.05, 0.1) is 11.7 Å². The number of halogens is 1. The normalized spacial score (nSPS) is 15.5. The minimum Gasteiger partial charge on any atom is -0.491 e. The molecule has 1 aromatic heterocycles. The number of anilines is 1. The molecule has 2 aromatic carbocycles. The molecular formula is C23H22FN3O3S. The Morgan fingerprint density at radius 1 is 1.16 bits per heavy atom. The van der Waals surface area contributed by atoms with Gasteiger partial charge in [-0.05, 0) is 37.6 Å². The summed E-state index contributed by atoms with van der Waals surface area (Å²) in [6.45, 7) is 3.86. The predicted octanol–water partition coefficient (Wildman–Crippen LogP) is 4.46. The summed E-state index contributed by atoms with van der Waals surface area (Å²) in [7, 11) is 0. The van der Waals surface area contributed by atoms with E-state index >= 15 is 0 Å². The minimum atomic E-state index is -0.453. The number of carbonyl (C=O) groups excluding carboxylic acids is 1. The van der Waals surface area contributed by atoms with Gasteiger partial charge in [-0.25, -0.2) is 9.37 Å². The molecule has 2 N–H and O–H groups in total. The lowest BCUT2D eigenvalue weighted by atomic mass is 9.86. The smallest absolute Gasteiger partial charge is 0.257 e. The van der Waals surface area contributed by atoms with Crippen molar-refractivity contribution < 1.29 is 13.9 Å². The lowest BCUT2D eigenvalue weighted by Crippen LogP contribution is -2.31. The van der Waals surface area contributed by atoms with E-state index in [4.69, 9.17) is 4.74 Å². The van der Waals surface area contributed by atoms with Crippen molar-refractivity contribution in [1.82, 2.24) is 9.97 Å². The SMILES string of the molecule is CC(C)Oc1ccccc1C1CC(=O)Nc2nc(SCc3ccc(F)cc3)[nH]c(=O)c21. The van der Waals surface area contributed by atoms with E-state index in [0.717, 1.165) is 11.1 Å². The Bertz CT molecular complexity index is 1160. The van der Waals surface area contributed by atoms with Crippen LogP contribution in [0.15, 0.2) is 58.5 Å². The van der Waals surface area contributed by atoms with E-state index in [2.05, 4.69) is 15.3 Å². The second-order valence-corrected chi connectivity index (χ2v) is 8.52. The van der Waals surface area contributed by atoms with Crippen LogP contribution >= 0.6 is 11.8 Å². The zero-order valence-electron chi connectivity index (χ0n) is 17.1. The van der Waals surface area contributed by atoms with E-state index < -0.39 is 5.92 Å². The Morgan fingerprint density at radius 2 is 1.90 bits per heavy atom. The summed E-state index contributed by atoms with van der Waals surface area (Å²) >= 11 is 1.31. The third-order valence-electron chi connectivity index (χ3n) is 4.88. The number of para-hydroxylation sites is 1. The van der Waals surface area contributed by atoms with Crippen molar-refractivity contribution in [2.45, 2.75) is 43.2 Å². The first-order chi connectivity index (χ1) is 14.9. The van der Waals surface area contributed by atoms with E-state index in [1.165, 1.54) is 23.9 Å². The quantitative estimate of drug-likeness (QED) is 0.438. The standard InChI is InChI=1S/C23H22FN3O3S/c1-13(2)30-18-6-4-3-5-16(18)17-11-19(28)25-21-20(17)22(29)27-23(26-21)31-12-14-7-9-15(24)10-8-14/h3-10,13,17H,11-12H2,1-2H3,(H2,25,26,27,28,29). The highest BCUT2D eigenvalue weighted by Gasteiger charge is 2.32. The average molecular weight is 440 g/mol. The van der Waals surface area contributed by atoms with E-state index in [-0.39, 0.29) is 35.6 Å². The Hall–Kier alpha value is -3.13. The fraction of sp³-hybridized carbons (Fsp3) is 0.261. The van der Waals surface area contributed by atoms with Gasteiger partial charge in [0.25, 0.3) is 5.56 Å². The molecule has 0 aliphatic carbocycles. The number of carbonyl (C=O) groups is 1. The molecule has 31 heavy (non-hydrogen) atoms. The van der Waals surface area contributed by atoms with Crippen LogP contribution in [-0.2, 0) is 10.5 Å². The van der Waals surface area contributed by atoms with Crippen molar-refractivity contribution in [2.75, 3.05) is 5.32 Å². The number of aromatic nitrogens is 2. The summed E-state index contributed by atoms with van der Waals surface area (Å²) in [5, 5.41) is 3.12. The zero-order valence-corrected chi connectivity index (χ0v) is 18.0. The third-order valence-corrected chi connectivity index (χ3v) is 5.82. The number of nitrogens with one attached hydrogen (secondary N) is 2. The van der Waals surface area contributed by atoms with Crippen LogP contribution in [0.1, 0.15) is 42.9 Å². The first kappa shape index (κ1) is 21.1. The number of aromatic amines is 1. The summed E-state index contributed by atoms with van der Waals surface area (Å²) in [6, 6.07) is 13.6. The number of fused-ring (bicyclic) bond motifs is 1. The van der Waals surface area contributed by atoms with Crippen LogP contribution in [0.25, 0.3) is 0 Å². The molecule has 0 bridgehead atoms. The number of benzene rings is 2. The molecule has 1 aliphatic rings. The molecule has 1 unspecified atom stereocenters. The van der Waals surface area contributed by atoms with Crippen molar-refractivity contribution in [3.8, 4) is 5.75 Å². The maximum atomic E-state index is 13.1. The molecule has 2 heterocycles. The van der Waals surface area contributed by atoms with Gasteiger partial charge in [0.1, 0.15) is 17.4 Å². The van der Waals surface area contributed by atoms with Crippen LogP contribution in [0.3, 0.4) is 0 Å². The number of nitrogens with zero attached hydrogens (tertiary/aromatic N) is 1. The molecule has 0 radical (unpaired) electrons. The molecule has 1 amide bonds. The Kier molecular flexibility index (Phi) is 6.08. The van der Waals surface area contributed by atoms with Gasteiger partial charge >= 0.3 is 0 Å². The molecule has 8 heteroatoms. The van der Waals surface area contributed by atoms with E-state index in [0.29, 0.717) is 22.2 Å². The largest absolute Gasteiger partial charge is 0.491 e. The summed E-state index contributed by atoms with van der Waals surface area (Å²) in [4.78, 5) is 32.8. The number of hydrogen-bond acceptors (Lipinski definition) is 5. The Balaban J connectivity index is 1.66. The number of amides is 1. The van der Waals surface area contributed by atoms with Gasteiger partial charge < -0.3 is 15.0 Å². The molecule has 4 rings (SSSR count). The number of ether oxygens (including phenoxy) is 1. The van der Waals surface area contributed by atoms with Crippen molar-refractivity contribution in [3.05, 3.63) is 81.4 Å². The molecule has 1 aliphatic heterocycles. The van der Waals surface area contributed by atoms with Gasteiger partial charge in [-0.3, -0.25) is 9.59 Å². The van der Waals surface area contributed by atoms with Crippen LogP contribution in [0.5, 0.6) is 5.75 Å². The van der Waals surface area contributed by atoms with Gasteiger partial charge in [0, 0.05) is 23.7 Å².